The van der Waals surface area contributed by atoms with Gasteiger partial charge in [-0.1, -0.05) is 12.8 Å². The van der Waals surface area contributed by atoms with E-state index in [0.717, 1.165) is 12.8 Å². The van der Waals surface area contributed by atoms with Crippen molar-refractivity contribution in [1.82, 2.24) is 5.32 Å². The van der Waals surface area contributed by atoms with Gasteiger partial charge in [0.1, 0.15) is 16.7 Å². The zero-order valence-corrected chi connectivity index (χ0v) is 10.9. The van der Waals surface area contributed by atoms with Crippen molar-refractivity contribution in [2.24, 2.45) is 5.41 Å². The highest BCUT2D eigenvalue weighted by atomic mass is 19.1. The molecular weight excluding hydrogens is 221 g/mol. The van der Waals surface area contributed by atoms with Gasteiger partial charge in [0.05, 0.1) is 0 Å². The highest BCUT2D eigenvalue weighted by molar-refractivity contribution is 5.80. The molecule has 0 amide bonds. The van der Waals surface area contributed by atoms with Gasteiger partial charge in [0.25, 0.3) is 0 Å². The molecule has 3 nitrogen and oxygen atoms in total. The maximum Gasteiger partial charge on any atom is 0.317 e. The molecule has 1 aliphatic heterocycles. The van der Waals surface area contributed by atoms with E-state index in [-0.39, 0.29) is 12.5 Å². The summed E-state index contributed by atoms with van der Waals surface area (Å²) in [5, 5.41) is 3.04. The van der Waals surface area contributed by atoms with E-state index in [2.05, 4.69) is 5.32 Å². The number of esters is 1. The molecule has 1 saturated carbocycles. The van der Waals surface area contributed by atoms with Gasteiger partial charge in [-0.3, -0.25) is 4.79 Å². The molecule has 0 aromatic carbocycles. The average Bonchev–Trinajstić information content (AvgIpc) is 2.53. The number of carbonyl (C=O) groups is 1. The fraction of sp³-hybridized carbons (Fsp3) is 0.923. The Kier molecular flexibility index (Phi) is 2.97. The Balaban J connectivity index is 2.24. The summed E-state index contributed by atoms with van der Waals surface area (Å²) in [7, 11) is 0. The Morgan fingerprint density at radius 2 is 1.88 bits per heavy atom. The lowest BCUT2D eigenvalue weighted by Gasteiger charge is -2.42. The van der Waals surface area contributed by atoms with Crippen LogP contribution >= 0.6 is 0 Å². The zero-order chi connectivity index (χ0) is 12.7. The molecule has 2 atom stereocenters. The first kappa shape index (κ1) is 12.8. The first-order chi connectivity index (χ1) is 7.79. The molecule has 2 rings (SSSR count). The van der Waals surface area contributed by atoms with Crippen LogP contribution in [0.5, 0.6) is 0 Å². The molecule has 0 spiro atoms. The molecule has 0 aromatic heterocycles. The van der Waals surface area contributed by atoms with Gasteiger partial charge in [-0.15, -0.1) is 0 Å². The van der Waals surface area contributed by atoms with Gasteiger partial charge in [0.15, 0.2) is 0 Å². The second kappa shape index (κ2) is 3.94. The Morgan fingerprint density at radius 1 is 1.24 bits per heavy atom. The fourth-order valence-electron chi connectivity index (χ4n) is 3.01. The summed E-state index contributed by atoms with van der Waals surface area (Å²) >= 11 is 0. The molecule has 1 saturated heterocycles. The Hall–Kier alpha value is -0.640. The quantitative estimate of drug-likeness (QED) is 0.717. The van der Waals surface area contributed by atoms with Crippen molar-refractivity contribution >= 4 is 5.97 Å². The molecule has 0 aromatic rings. The molecule has 98 valence electrons. The summed E-state index contributed by atoms with van der Waals surface area (Å²) in [4.78, 5) is 12.3. The van der Waals surface area contributed by atoms with Crippen LogP contribution in [0.2, 0.25) is 0 Å². The summed E-state index contributed by atoms with van der Waals surface area (Å²) in [5.41, 5.74) is -2.90. The summed E-state index contributed by atoms with van der Waals surface area (Å²) < 4.78 is 20.3. The monoisotopic (exact) mass is 243 g/mol. The zero-order valence-electron chi connectivity index (χ0n) is 10.9. The molecule has 1 aliphatic carbocycles. The molecule has 4 heteroatoms. The lowest BCUT2D eigenvalue weighted by Crippen LogP contribution is -2.53. The summed E-state index contributed by atoms with van der Waals surface area (Å²) in [6, 6.07) is 0. The molecule has 17 heavy (non-hydrogen) atoms. The SMILES string of the molecule is CC(C)(C)OC(=O)[C@]12CCCC[C@@]1(F)CNC2. The number of hydrogen-bond acceptors (Lipinski definition) is 3. The number of rotatable bonds is 1. The van der Waals surface area contributed by atoms with Gasteiger partial charge in [-0.05, 0) is 33.6 Å². The van der Waals surface area contributed by atoms with E-state index in [9.17, 15) is 9.18 Å². The summed E-state index contributed by atoms with van der Waals surface area (Å²) in [6.45, 7) is 6.18. The second-order valence-electron chi connectivity index (χ2n) is 6.36. The van der Waals surface area contributed by atoms with Crippen molar-refractivity contribution < 1.29 is 13.9 Å². The molecular formula is C13H22FNO2. The van der Waals surface area contributed by atoms with Crippen molar-refractivity contribution in [2.45, 2.75) is 57.7 Å². The smallest absolute Gasteiger partial charge is 0.317 e. The fourth-order valence-corrected chi connectivity index (χ4v) is 3.01. The van der Waals surface area contributed by atoms with Crippen molar-refractivity contribution in [3.8, 4) is 0 Å². The topological polar surface area (TPSA) is 38.3 Å². The molecule has 1 N–H and O–H groups in total. The number of ether oxygens (including phenoxy) is 1. The van der Waals surface area contributed by atoms with Crippen molar-refractivity contribution in [2.75, 3.05) is 13.1 Å². The lowest BCUT2D eigenvalue weighted by molar-refractivity contribution is -0.178. The van der Waals surface area contributed by atoms with Crippen LogP contribution in [0.25, 0.3) is 0 Å². The minimum atomic E-state index is -1.41. The average molecular weight is 243 g/mol. The Bertz CT molecular complexity index is 326. The van der Waals surface area contributed by atoms with Crippen LogP contribution in [0.1, 0.15) is 46.5 Å². The Labute approximate surface area is 102 Å². The first-order valence-electron chi connectivity index (χ1n) is 6.42. The maximum atomic E-state index is 14.9. The summed E-state index contributed by atoms with van der Waals surface area (Å²) in [5.74, 6) is -0.364. The normalized spacial score (nSPS) is 37.6. The van der Waals surface area contributed by atoms with E-state index in [4.69, 9.17) is 4.74 Å². The number of alkyl halides is 1. The van der Waals surface area contributed by atoms with E-state index in [0.29, 0.717) is 19.4 Å². The van der Waals surface area contributed by atoms with Gasteiger partial charge in [-0.25, -0.2) is 4.39 Å². The first-order valence-corrected chi connectivity index (χ1v) is 6.42. The summed E-state index contributed by atoms with van der Waals surface area (Å²) in [6.07, 6.45) is 2.85. The number of carbonyl (C=O) groups excluding carboxylic acids is 1. The van der Waals surface area contributed by atoms with Gasteiger partial charge in [-0.2, -0.15) is 0 Å². The molecule has 0 radical (unpaired) electrons. The van der Waals surface area contributed by atoms with Crippen molar-refractivity contribution in [1.29, 1.82) is 0 Å². The predicted molar refractivity (Wildman–Crippen MR) is 63.5 cm³/mol. The minimum Gasteiger partial charge on any atom is -0.459 e. The van der Waals surface area contributed by atoms with Crippen LogP contribution in [0, 0.1) is 5.41 Å². The lowest BCUT2D eigenvalue weighted by atomic mass is 9.66. The van der Waals surface area contributed by atoms with Gasteiger partial charge < -0.3 is 10.1 Å². The van der Waals surface area contributed by atoms with Crippen LogP contribution in [0.15, 0.2) is 0 Å². The van der Waals surface area contributed by atoms with E-state index in [1.54, 1.807) is 0 Å². The van der Waals surface area contributed by atoms with Crippen LogP contribution < -0.4 is 5.32 Å². The minimum absolute atomic E-state index is 0.284. The number of nitrogens with one attached hydrogen (secondary N) is 1. The van der Waals surface area contributed by atoms with Crippen LogP contribution in [0.3, 0.4) is 0 Å². The molecule has 0 unspecified atom stereocenters. The van der Waals surface area contributed by atoms with E-state index in [1.165, 1.54) is 0 Å². The predicted octanol–water partition coefficient (Wildman–Crippen LogP) is 2.20. The highest BCUT2D eigenvalue weighted by Gasteiger charge is 2.62. The second-order valence-corrected chi connectivity index (χ2v) is 6.36. The van der Waals surface area contributed by atoms with Crippen LogP contribution in [-0.4, -0.2) is 30.3 Å². The highest BCUT2D eigenvalue weighted by Crippen LogP contribution is 2.50. The van der Waals surface area contributed by atoms with Gasteiger partial charge >= 0.3 is 5.97 Å². The third-order valence-corrected chi connectivity index (χ3v) is 3.91. The maximum absolute atomic E-state index is 14.9. The Morgan fingerprint density at radius 3 is 2.53 bits per heavy atom. The van der Waals surface area contributed by atoms with E-state index in [1.807, 2.05) is 20.8 Å². The molecule has 2 fully saturated rings. The number of hydrogen-bond donors (Lipinski definition) is 1. The van der Waals surface area contributed by atoms with E-state index >= 15 is 0 Å². The van der Waals surface area contributed by atoms with Crippen molar-refractivity contribution in [3.63, 3.8) is 0 Å². The van der Waals surface area contributed by atoms with Crippen LogP contribution in [0.4, 0.5) is 4.39 Å². The molecule has 1 heterocycles. The molecule has 0 bridgehead atoms. The third kappa shape index (κ3) is 2.07. The molecule has 2 aliphatic rings. The van der Waals surface area contributed by atoms with Gasteiger partial charge in [0.2, 0.25) is 0 Å². The third-order valence-electron chi connectivity index (χ3n) is 3.91. The van der Waals surface area contributed by atoms with Crippen LogP contribution in [-0.2, 0) is 9.53 Å². The van der Waals surface area contributed by atoms with E-state index < -0.39 is 16.7 Å². The standard InChI is InChI=1S/C13H22FNO2/c1-11(2,3)17-10(16)12-6-4-5-7-13(12,14)9-15-8-12/h15H,4-9H2,1-3H3/t12-,13-/m1/s1. The number of fused-ring (bicyclic) bond motifs is 1. The van der Waals surface area contributed by atoms with Gasteiger partial charge in [0, 0.05) is 13.1 Å². The number of halogens is 1. The van der Waals surface area contributed by atoms with Crippen molar-refractivity contribution in [3.05, 3.63) is 0 Å². The largest absolute Gasteiger partial charge is 0.459 e.